The number of β-lactam (4-membered cyclic amide) rings is 1. The molecule has 1 aromatic heterocycles. The van der Waals surface area contributed by atoms with Crippen LogP contribution in [0.5, 0.6) is 5.75 Å². The molecule has 0 radical (unpaired) electrons. The first-order valence-corrected chi connectivity index (χ1v) is 15.3. The van der Waals surface area contributed by atoms with E-state index in [1.165, 1.54) is 57.4 Å². The Morgan fingerprint density at radius 3 is 2.50 bits per heavy atom. The summed E-state index contributed by atoms with van der Waals surface area (Å²) in [5.74, 6) is -4.26. The number of carbonyl (C=O) groups is 6. The molecule has 1 aromatic carbocycles. The number of aliphatic carboxylic acids is 1. The lowest BCUT2D eigenvalue weighted by Gasteiger charge is -2.49. The monoisotopic (exact) mass is 645 g/mol. The van der Waals surface area contributed by atoms with E-state index in [0.29, 0.717) is 22.2 Å². The molecule has 0 aliphatic carbocycles. The van der Waals surface area contributed by atoms with Gasteiger partial charge in [0.05, 0.1) is 0 Å². The van der Waals surface area contributed by atoms with E-state index in [2.05, 4.69) is 26.2 Å². The number of hydrogen-bond acceptors (Lipinski definition) is 12. The van der Waals surface area contributed by atoms with Crippen molar-refractivity contribution in [3.63, 3.8) is 0 Å². The van der Waals surface area contributed by atoms with Gasteiger partial charge in [0.25, 0.3) is 5.91 Å². The van der Waals surface area contributed by atoms with Crippen LogP contribution in [-0.4, -0.2) is 123 Å². The minimum atomic E-state index is -1.42. The number of piperazine rings is 1. The van der Waals surface area contributed by atoms with Crippen molar-refractivity contribution in [2.24, 2.45) is 7.05 Å². The molecule has 6 amide bonds. The van der Waals surface area contributed by atoms with Gasteiger partial charge in [-0.15, -0.1) is 16.9 Å². The highest BCUT2D eigenvalue weighted by atomic mass is 32.2. The molecule has 44 heavy (non-hydrogen) atoms. The fraction of sp³-hybridized carbons (Fsp3) is 0.400. The van der Waals surface area contributed by atoms with Crippen molar-refractivity contribution in [2.75, 3.05) is 31.1 Å². The summed E-state index contributed by atoms with van der Waals surface area (Å²) in [6, 6.07) is 1.84. The van der Waals surface area contributed by atoms with E-state index in [1.807, 2.05) is 0 Å². The molecule has 0 spiro atoms. The fourth-order valence-corrected chi connectivity index (χ4v) is 7.20. The molecule has 2 saturated heterocycles. The highest BCUT2D eigenvalue weighted by Crippen LogP contribution is 2.41. The number of benzene rings is 1. The SMILES string of the molecule is CCN1CCN(C(=O)NC(C(=O)NC2C(=O)N3C(C(=O)O)=C(CSc4nnnn4C)CS[C@@H]23)c2ccc(O)cc2)C(=O)C1=O. The number of urea groups is 1. The van der Waals surface area contributed by atoms with Gasteiger partial charge in [0.15, 0.2) is 0 Å². The minimum absolute atomic E-state index is 0.0823. The van der Waals surface area contributed by atoms with E-state index >= 15 is 0 Å². The van der Waals surface area contributed by atoms with Gasteiger partial charge in [-0.05, 0) is 40.6 Å². The number of amides is 6. The molecule has 3 aliphatic rings. The van der Waals surface area contributed by atoms with E-state index in [4.69, 9.17) is 0 Å². The zero-order valence-corrected chi connectivity index (χ0v) is 25.0. The van der Waals surface area contributed by atoms with Gasteiger partial charge in [-0.3, -0.25) is 29.0 Å². The normalized spacial score (nSPS) is 20.7. The number of likely N-dealkylation sites (N-methyl/N-ethyl adjacent to an activating group) is 1. The number of aromatic hydroxyl groups is 1. The third kappa shape index (κ3) is 5.79. The van der Waals surface area contributed by atoms with Crippen LogP contribution in [0.15, 0.2) is 40.7 Å². The van der Waals surface area contributed by atoms with E-state index in [1.54, 1.807) is 14.0 Å². The van der Waals surface area contributed by atoms with Gasteiger partial charge in [0.2, 0.25) is 11.1 Å². The number of phenols is 1. The van der Waals surface area contributed by atoms with Crippen LogP contribution in [0.4, 0.5) is 4.79 Å². The van der Waals surface area contributed by atoms with Crippen molar-refractivity contribution in [2.45, 2.75) is 29.5 Å². The summed E-state index contributed by atoms with van der Waals surface area (Å²) in [5, 5.41) is 35.6. The van der Waals surface area contributed by atoms with E-state index < -0.39 is 53.1 Å². The number of nitrogens with one attached hydrogen (secondary N) is 2. The number of nitrogens with zero attached hydrogens (tertiary/aromatic N) is 7. The second-order valence-corrected chi connectivity index (χ2v) is 11.9. The summed E-state index contributed by atoms with van der Waals surface area (Å²) in [6.45, 7) is 2.04. The molecular formula is C25H27N9O8S2. The van der Waals surface area contributed by atoms with Crippen LogP contribution in [0.2, 0.25) is 0 Å². The Hall–Kier alpha value is -4.65. The van der Waals surface area contributed by atoms with Crippen molar-refractivity contribution in [1.82, 2.24) is 45.5 Å². The van der Waals surface area contributed by atoms with Crippen LogP contribution in [-0.2, 0) is 31.0 Å². The summed E-state index contributed by atoms with van der Waals surface area (Å²) < 4.78 is 1.44. The Morgan fingerprint density at radius 1 is 1.14 bits per heavy atom. The van der Waals surface area contributed by atoms with Crippen molar-refractivity contribution in [3.05, 3.63) is 41.1 Å². The molecular weight excluding hydrogens is 618 g/mol. The number of carbonyl (C=O) groups excluding carboxylic acids is 5. The standard InChI is InChI=1S/C25H27N9O8S2/c1-3-32-8-9-33(21(39)20(32)38)24(42)27-15(12-4-6-14(35)7-5-12)18(36)26-16-19(37)34-17(23(40)41)13(10-43-22(16)34)11-44-25-28-29-30-31(25)2/h4-7,15-16,22,35H,3,8-11H2,1-2H3,(H,26,36)(H,27,42)(H,40,41)/t15?,16?,22-/m0/s1. The summed E-state index contributed by atoms with van der Waals surface area (Å²) in [6.07, 6.45) is 0. The molecule has 2 unspecified atom stereocenters. The maximum Gasteiger partial charge on any atom is 0.352 e. The Balaban J connectivity index is 1.31. The van der Waals surface area contributed by atoms with Crippen LogP contribution < -0.4 is 10.6 Å². The third-order valence-corrected chi connectivity index (χ3v) is 9.63. The summed E-state index contributed by atoms with van der Waals surface area (Å²) in [7, 11) is 1.64. The van der Waals surface area contributed by atoms with Crippen molar-refractivity contribution < 1.29 is 39.0 Å². The predicted molar refractivity (Wildman–Crippen MR) is 153 cm³/mol. The second kappa shape index (κ2) is 12.5. The molecule has 0 bridgehead atoms. The maximum absolute atomic E-state index is 13.6. The van der Waals surface area contributed by atoms with Crippen molar-refractivity contribution in [3.8, 4) is 5.75 Å². The number of aryl methyl sites for hydroxylation is 1. The van der Waals surface area contributed by atoms with Crippen molar-refractivity contribution >= 4 is 59.2 Å². The quantitative estimate of drug-likeness (QED) is 0.145. The van der Waals surface area contributed by atoms with Gasteiger partial charge < -0.3 is 25.7 Å². The maximum atomic E-state index is 13.6. The van der Waals surface area contributed by atoms with Crippen LogP contribution in [0, 0.1) is 0 Å². The summed E-state index contributed by atoms with van der Waals surface area (Å²) >= 11 is 2.49. The lowest BCUT2D eigenvalue weighted by molar-refractivity contribution is -0.153. The number of fused-ring (bicyclic) bond motifs is 1. The van der Waals surface area contributed by atoms with E-state index in [9.17, 15) is 39.0 Å². The zero-order chi connectivity index (χ0) is 31.7. The number of rotatable bonds is 9. The molecule has 232 valence electrons. The average Bonchev–Trinajstić information content (AvgIpc) is 3.42. The number of hydrogen-bond donors (Lipinski definition) is 4. The van der Waals surface area contributed by atoms with Gasteiger partial charge in [0.1, 0.15) is 28.9 Å². The highest BCUT2D eigenvalue weighted by molar-refractivity contribution is 8.01. The molecule has 2 aromatic rings. The van der Waals surface area contributed by atoms with E-state index in [-0.39, 0.29) is 41.6 Å². The van der Waals surface area contributed by atoms with Crippen LogP contribution in [0.3, 0.4) is 0 Å². The molecule has 19 heteroatoms. The first-order chi connectivity index (χ1) is 21.0. The molecule has 0 saturated carbocycles. The Kier molecular flexibility index (Phi) is 8.77. The Bertz CT molecular complexity index is 1560. The molecule has 17 nitrogen and oxygen atoms in total. The zero-order valence-electron chi connectivity index (χ0n) is 23.4. The first-order valence-electron chi connectivity index (χ1n) is 13.3. The molecule has 2 fully saturated rings. The number of imide groups is 1. The number of tetrazole rings is 1. The van der Waals surface area contributed by atoms with Gasteiger partial charge in [-0.1, -0.05) is 23.9 Å². The largest absolute Gasteiger partial charge is 0.508 e. The summed E-state index contributed by atoms with van der Waals surface area (Å²) in [5.41, 5.74) is 0.536. The lowest BCUT2D eigenvalue weighted by atomic mass is 10.0. The second-order valence-electron chi connectivity index (χ2n) is 9.84. The number of aromatic nitrogens is 4. The van der Waals surface area contributed by atoms with E-state index in [0.717, 1.165) is 4.90 Å². The smallest absolute Gasteiger partial charge is 0.352 e. The Labute approximate surface area is 258 Å². The van der Waals surface area contributed by atoms with Crippen LogP contribution in [0.25, 0.3) is 0 Å². The van der Waals surface area contributed by atoms with Crippen molar-refractivity contribution in [1.29, 1.82) is 0 Å². The van der Waals surface area contributed by atoms with Gasteiger partial charge >= 0.3 is 23.8 Å². The first kappa shape index (κ1) is 30.8. The average molecular weight is 646 g/mol. The number of thioether (sulfide) groups is 2. The van der Waals surface area contributed by atoms with Crippen LogP contribution >= 0.6 is 23.5 Å². The third-order valence-electron chi connectivity index (χ3n) is 7.20. The molecule has 3 aliphatic heterocycles. The lowest BCUT2D eigenvalue weighted by Crippen LogP contribution is -2.71. The van der Waals surface area contributed by atoms with Gasteiger partial charge in [0, 0.05) is 38.2 Å². The summed E-state index contributed by atoms with van der Waals surface area (Å²) in [4.78, 5) is 80.1. The van der Waals surface area contributed by atoms with Crippen LogP contribution in [0.1, 0.15) is 18.5 Å². The topological polar surface area (TPSA) is 220 Å². The number of carboxylic acids is 1. The van der Waals surface area contributed by atoms with Gasteiger partial charge in [-0.25, -0.2) is 14.3 Å². The van der Waals surface area contributed by atoms with Gasteiger partial charge in [-0.2, -0.15) is 0 Å². The molecule has 5 rings (SSSR count). The number of carboxylic acid groups (broad SMARTS) is 1. The molecule has 4 N–H and O–H groups in total. The minimum Gasteiger partial charge on any atom is -0.508 e. The number of phenolic OH excluding ortho intramolecular Hbond substituents is 1. The fourth-order valence-electron chi connectivity index (χ4n) is 4.86. The Morgan fingerprint density at radius 2 is 1.86 bits per heavy atom. The molecule has 4 heterocycles. The molecule has 3 atom stereocenters. The predicted octanol–water partition coefficient (Wildman–Crippen LogP) is -1.11. The highest BCUT2D eigenvalue weighted by Gasteiger charge is 2.54.